The molecular weight excluding hydrogens is 413 g/mol. The summed E-state index contributed by atoms with van der Waals surface area (Å²) in [6, 6.07) is 21.3. The minimum atomic E-state index is 0.539. The van der Waals surface area contributed by atoms with Crippen molar-refractivity contribution in [1.82, 2.24) is 9.97 Å². The van der Waals surface area contributed by atoms with E-state index in [-0.39, 0.29) is 0 Å². The third-order valence-corrected chi connectivity index (χ3v) is 5.36. The second-order valence-electron chi connectivity index (χ2n) is 6.41. The molecule has 1 N–H and O–H groups in total. The molecule has 0 aliphatic rings. The summed E-state index contributed by atoms with van der Waals surface area (Å²) in [5, 5.41) is 6.18. The van der Waals surface area contributed by atoms with E-state index in [0.717, 1.165) is 33.7 Å². The Kier molecular flexibility index (Phi) is 5.67. The second-order valence-corrected chi connectivity index (χ2v) is 7.66. The van der Waals surface area contributed by atoms with Crippen LogP contribution >= 0.6 is 34.8 Å². The molecular formula is C22H16Cl3N3. The predicted molar refractivity (Wildman–Crippen MR) is 118 cm³/mol. The standard InChI is InChI=1S/C22H16Cl3N3/c23-16-8-5-14(6-9-16)12-21-27-20-4-2-1-3-17(20)22(28-21)26-13-15-7-10-18(24)19(25)11-15/h1-11H,12-13H2,(H,26,27,28). The Labute approximate surface area is 178 Å². The fourth-order valence-electron chi connectivity index (χ4n) is 2.96. The fraction of sp³-hybridized carbons (Fsp3) is 0.0909. The van der Waals surface area contributed by atoms with Crippen LogP contribution in [0, 0.1) is 0 Å². The number of hydrogen-bond donors (Lipinski definition) is 1. The molecule has 0 aliphatic carbocycles. The monoisotopic (exact) mass is 427 g/mol. The van der Waals surface area contributed by atoms with Crippen LogP contribution in [-0.4, -0.2) is 9.97 Å². The van der Waals surface area contributed by atoms with E-state index in [2.05, 4.69) is 5.32 Å². The number of aromatic nitrogens is 2. The van der Waals surface area contributed by atoms with Gasteiger partial charge in [0.15, 0.2) is 0 Å². The summed E-state index contributed by atoms with van der Waals surface area (Å²) in [5.74, 6) is 1.54. The fourth-order valence-corrected chi connectivity index (χ4v) is 3.41. The van der Waals surface area contributed by atoms with Gasteiger partial charge in [-0.05, 0) is 47.5 Å². The zero-order valence-electron chi connectivity index (χ0n) is 14.8. The minimum Gasteiger partial charge on any atom is -0.365 e. The van der Waals surface area contributed by atoms with Gasteiger partial charge in [-0.3, -0.25) is 0 Å². The number of para-hydroxylation sites is 1. The first kappa shape index (κ1) is 19.0. The van der Waals surface area contributed by atoms with E-state index in [9.17, 15) is 0 Å². The number of hydrogen-bond acceptors (Lipinski definition) is 3. The number of fused-ring (bicyclic) bond motifs is 1. The first-order chi connectivity index (χ1) is 13.6. The van der Waals surface area contributed by atoms with Crippen LogP contribution in [0.15, 0.2) is 66.7 Å². The van der Waals surface area contributed by atoms with Gasteiger partial charge in [-0.2, -0.15) is 0 Å². The van der Waals surface area contributed by atoms with Crippen LogP contribution in [0.4, 0.5) is 5.82 Å². The minimum absolute atomic E-state index is 0.539. The van der Waals surface area contributed by atoms with Crippen LogP contribution < -0.4 is 5.32 Å². The molecule has 1 aromatic heterocycles. The molecule has 4 aromatic rings. The number of nitrogens with zero attached hydrogens (tertiary/aromatic N) is 2. The summed E-state index contributed by atoms with van der Waals surface area (Å²) in [4.78, 5) is 9.47. The van der Waals surface area contributed by atoms with Gasteiger partial charge in [0.05, 0.1) is 15.6 Å². The number of nitrogens with one attached hydrogen (secondary N) is 1. The van der Waals surface area contributed by atoms with E-state index in [1.807, 2.05) is 60.7 Å². The first-order valence-electron chi connectivity index (χ1n) is 8.76. The summed E-state index contributed by atoms with van der Waals surface area (Å²) < 4.78 is 0. The van der Waals surface area contributed by atoms with Crippen LogP contribution in [-0.2, 0) is 13.0 Å². The highest BCUT2D eigenvalue weighted by molar-refractivity contribution is 6.42. The van der Waals surface area contributed by atoms with Crippen LogP contribution in [0.2, 0.25) is 15.1 Å². The van der Waals surface area contributed by atoms with Gasteiger partial charge in [0, 0.05) is 23.4 Å². The van der Waals surface area contributed by atoms with E-state index in [1.54, 1.807) is 6.07 Å². The maximum absolute atomic E-state index is 6.12. The van der Waals surface area contributed by atoms with Gasteiger partial charge in [0.1, 0.15) is 11.6 Å². The van der Waals surface area contributed by atoms with Gasteiger partial charge in [-0.1, -0.05) is 65.1 Å². The highest BCUT2D eigenvalue weighted by Gasteiger charge is 2.09. The Morgan fingerprint density at radius 1 is 0.750 bits per heavy atom. The molecule has 0 unspecified atom stereocenters. The number of rotatable bonds is 5. The van der Waals surface area contributed by atoms with Crippen molar-refractivity contribution in [3.63, 3.8) is 0 Å². The molecule has 6 heteroatoms. The van der Waals surface area contributed by atoms with E-state index in [1.165, 1.54) is 0 Å². The third kappa shape index (κ3) is 4.39. The molecule has 0 fully saturated rings. The molecule has 0 saturated carbocycles. The molecule has 0 amide bonds. The van der Waals surface area contributed by atoms with Gasteiger partial charge >= 0.3 is 0 Å². The average Bonchev–Trinajstić information content (AvgIpc) is 2.70. The quantitative estimate of drug-likeness (QED) is 0.380. The van der Waals surface area contributed by atoms with Gasteiger partial charge in [-0.15, -0.1) is 0 Å². The van der Waals surface area contributed by atoms with Crippen molar-refractivity contribution < 1.29 is 0 Å². The van der Waals surface area contributed by atoms with E-state index in [0.29, 0.717) is 28.0 Å². The van der Waals surface area contributed by atoms with Crippen molar-refractivity contribution in [1.29, 1.82) is 0 Å². The van der Waals surface area contributed by atoms with Crippen LogP contribution in [0.1, 0.15) is 17.0 Å². The van der Waals surface area contributed by atoms with E-state index in [4.69, 9.17) is 44.8 Å². The molecule has 3 nitrogen and oxygen atoms in total. The summed E-state index contributed by atoms with van der Waals surface area (Å²) in [5.41, 5.74) is 3.03. The molecule has 0 spiro atoms. The summed E-state index contributed by atoms with van der Waals surface area (Å²) in [6.45, 7) is 0.582. The second kappa shape index (κ2) is 8.36. The molecule has 0 saturated heterocycles. The Hall–Kier alpha value is -2.33. The lowest BCUT2D eigenvalue weighted by Gasteiger charge is -2.12. The van der Waals surface area contributed by atoms with Gasteiger partial charge in [-0.25, -0.2) is 9.97 Å². The van der Waals surface area contributed by atoms with Crippen molar-refractivity contribution in [3.8, 4) is 0 Å². The maximum Gasteiger partial charge on any atom is 0.137 e. The topological polar surface area (TPSA) is 37.8 Å². The van der Waals surface area contributed by atoms with Crippen molar-refractivity contribution in [2.24, 2.45) is 0 Å². The molecule has 3 aromatic carbocycles. The summed E-state index contributed by atoms with van der Waals surface area (Å²) in [7, 11) is 0. The Bertz CT molecular complexity index is 1130. The Morgan fingerprint density at radius 3 is 2.29 bits per heavy atom. The lowest BCUT2D eigenvalue weighted by molar-refractivity contribution is 0.981. The van der Waals surface area contributed by atoms with Crippen LogP contribution in [0.25, 0.3) is 10.9 Å². The Morgan fingerprint density at radius 2 is 1.50 bits per heavy atom. The zero-order chi connectivity index (χ0) is 19.5. The molecule has 0 bridgehead atoms. The SMILES string of the molecule is Clc1ccc(Cc2nc(NCc3ccc(Cl)c(Cl)c3)c3ccccc3n2)cc1. The highest BCUT2D eigenvalue weighted by atomic mass is 35.5. The normalized spacial score (nSPS) is 11.0. The lowest BCUT2D eigenvalue weighted by Crippen LogP contribution is -2.06. The smallest absolute Gasteiger partial charge is 0.137 e. The van der Waals surface area contributed by atoms with Crippen LogP contribution in [0.3, 0.4) is 0 Å². The van der Waals surface area contributed by atoms with Crippen molar-refractivity contribution >= 4 is 51.5 Å². The molecule has 0 atom stereocenters. The van der Waals surface area contributed by atoms with E-state index >= 15 is 0 Å². The first-order valence-corrected chi connectivity index (χ1v) is 9.90. The predicted octanol–water partition coefficient (Wildman–Crippen LogP) is 6.79. The van der Waals surface area contributed by atoms with Crippen molar-refractivity contribution in [2.45, 2.75) is 13.0 Å². The lowest BCUT2D eigenvalue weighted by atomic mass is 10.1. The summed E-state index contributed by atoms with van der Waals surface area (Å²) in [6.07, 6.45) is 0.628. The van der Waals surface area contributed by atoms with E-state index < -0.39 is 0 Å². The van der Waals surface area contributed by atoms with Gasteiger partial charge in [0.25, 0.3) is 0 Å². The van der Waals surface area contributed by atoms with Gasteiger partial charge in [0.2, 0.25) is 0 Å². The maximum atomic E-state index is 6.12. The molecule has 1 heterocycles. The van der Waals surface area contributed by atoms with Crippen LogP contribution in [0.5, 0.6) is 0 Å². The van der Waals surface area contributed by atoms with Gasteiger partial charge < -0.3 is 5.32 Å². The number of anilines is 1. The highest BCUT2D eigenvalue weighted by Crippen LogP contribution is 2.25. The molecule has 28 heavy (non-hydrogen) atoms. The largest absolute Gasteiger partial charge is 0.365 e. The Balaban J connectivity index is 1.63. The number of benzene rings is 3. The third-order valence-electron chi connectivity index (χ3n) is 4.37. The molecule has 140 valence electrons. The summed E-state index contributed by atoms with van der Waals surface area (Å²) >= 11 is 18.1. The molecule has 0 aliphatic heterocycles. The number of halogens is 3. The molecule has 0 radical (unpaired) electrons. The molecule has 4 rings (SSSR count). The van der Waals surface area contributed by atoms with Crippen molar-refractivity contribution in [3.05, 3.63) is 98.7 Å². The van der Waals surface area contributed by atoms with Crippen molar-refractivity contribution in [2.75, 3.05) is 5.32 Å². The zero-order valence-corrected chi connectivity index (χ0v) is 17.1. The average molecular weight is 429 g/mol.